The van der Waals surface area contributed by atoms with Gasteiger partial charge >= 0.3 is 0 Å². The minimum absolute atomic E-state index is 0.156. The molecular weight excluding hydrogens is 382 g/mol. The molecular formula is C20H22BrNO3. The molecule has 0 fully saturated rings. The summed E-state index contributed by atoms with van der Waals surface area (Å²) in [5.74, 6) is 1.41. The molecule has 132 valence electrons. The van der Waals surface area contributed by atoms with Crippen LogP contribution in [-0.2, 0) is 11.2 Å². The van der Waals surface area contributed by atoms with E-state index in [4.69, 9.17) is 9.47 Å². The third-order valence-corrected chi connectivity index (χ3v) is 5.00. The average Bonchev–Trinajstić information content (AvgIpc) is 2.87. The molecule has 2 aromatic carbocycles. The second-order valence-corrected chi connectivity index (χ2v) is 6.88. The highest BCUT2D eigenvalue weighted by Gasteiger charge is 2.36. The lowest BCUT2D eigenvalue weighted by atomic mass is 9.93. The maximum atomic E-state index is 12.9. The van der Waals surface area contributed by atoms with Crippen molar-refractivity contribution < 1.29 is 14.3 Å². The molecule has 1 unspecified atom stereocenters. The van der Waals surface area contributed by atoms with Gasteiger partial charge in [-0.1, -0.05) is 22.0 Å². The van der Waals surface area contributed by atoms with Crippen LogP contribution < -0.4 is 14.4 Å². The second-order valence-electron chi connectivity index (χ2n) is 5.96. The van der Waals surface area contributed by atoms with Gasteiger partial charge in [-0.3, -0.25) is 4.79 Å². The van der Waals surface area contributed by atoms with Crippen LogP contribution in [0.15, 0.2) is 40.9 Å². The molecule has 0 spiro atoms. The number of nitrogens with zero attached hydrogens (tertiary/aromatic N) is 1. The molecule has 3 rings (SSSR count). The number of ether oxygens (including phenoxy) is 2. The van der Waals surface area contributed by atoms with Gasteiger partial charge < -0.3 is 14.4 Å². The van der Waals surface area contributed by atoms with E-state index in [1.54, 1.807) is 7.11 Å². The van der Waals surface area contributed by atoms with Crippen molar-refractivity contribution in [3.63, 3.8) is 0 Å². The smallest absolute Gasteiger partial charge is 0.234 e. The monoisotopic (exact) mass is 403 g/mol. The average molecular weight is 404 g/mol. The lowest BCUT2D eigenvalue weighted by Gasteiger charge is -2.16. The van der Waals surface area contributed by atoms with Gasteiger partial charge in [0.1, 0.15) is 0 Å². The zero-order valence-electron chi connectivity index (χ0n) is 14.7. The molecule has 0 bridgehead atoms. The van der Waals surface area contributed by atoms with E-state index in [2.05, 4.69) is 22.0 Å². The normalized spacial score (nSPS) is 16.1. The predicted octanol–water partition coefficient (Wildman–Crippen LogP) is 4.55. The van der Waals surface area contributed by atoms with E-state index in [0.717, 1.165) is 27.0 Å². The van der Waals surface area contributed by atoms with Crippen molar-refractivity contribution in [2.75, 3.05) is 25.2 Å². The van der Waals surface area contributed by atoms with E-state index in [1.807, 2.05) is 49.1 Å². The van der Waals surface area contributed by atoms with Gasteiger partial charge in [0.15, 0.2) is 11.5 Å². The quantitative estimate of drug-likeness (QED) is 0.709. The van der Waals surface area contributed by atoms with Crippen LogP contribution in [0.5, 0.6) is 11.5 Å². The zero-order chi connectivity index (χ0) is 18.0. The molecule has 0 N–H and O–H groups in total. The second kappa shape index (κ2) is 7.48. The van der Waals surface area contributed by atoms with Gasteiger partial charge in [0.2, 0.25) is 5.91 Å². The summed E-state index contributed by atoms with van der Waals surface area (Å²) in [6.07, 6.45) is 0.640. The van der Waals surface area contributed by atoms with Crippen LogP contribution in [-0.4, -0.2) is 26.2 Å². The van der Waals surface area contributed by atoms with Crippen LogP contribution in [0.4, 0.5) is 5.69 Å². The number of hydrogen-bond donors (Lipinski definition) is 0. The van der Waals surface area contributed by atoms with Crippen molar-refractivity contribution in [2.45, 2.75) is 26.2 Å². The number of rotatable bonds is 6. The molecule has 2 aromatic rings. The Morgan fingerprint density at radius 3 is 2.60 bits per heavy atom. The lowest BCUT2D eigenvalue weighted by Crippen LogP contribution is -2.29. The van der Waals surface area contributed by atoms with E-state index in [9.17, 15) is 4.79 Å². The summed E-state index contributed by atoms with van der Waals surface area (Å²) < 4.78 is 12.0. The summed E-state index contributed by atoms with van der Waals surface area (Å²) in [5.41, 5.74) is 3.15. The maximum absolute atomic E-state index is 12.9. The molecule has 0 aliphatic carbocycles. The molecule has 25 heavy (non-hydrogen) atoms. The Hall–Kier alpha value is -2.01. The van der Waals surface area contributed by atoms with Crippen LogP contribution in [0.3, 0.4) is 0 Å². The Morgan fingerprint density at radius 2 is 1.92 bits per heavy atom. The summed E-state index contributed by atoms with van der Waals surface area (Å²) in [4.78, 5) is 14.7. The SMILES string of the molecule is CCOc1ccc(CC2C(=O)N(CC)c3ccc(Br)cc32)cc1OC. The molecule has 1 amide bonds. The molecule has 4 nitrogen and oxygen atoms in total. The summed E-state index contributed by atoms with van der Waals surface area (Å²) in [6, 6.07) is 11.9. The number of methoxy groups -OCH3 is 1. The Balaban J connectivity index is 1.93. The first-order valence-corrected chi connectivity index (χ1v) is 9.28. The highest BCUT2D eigenvalue weighted by Crippen LogP contribution is 2.41. The number of hydrogen-bond acceptors (Lipinski definition) is 3. The highest BCUT2D eigenvalue weighted by atomic mass is 79.9. The Bertz CT molecular complexity index is 791. The Kier molecular flexibility index (Phi) is 5.33. The summed E-state index contributed by atoms with van der Waals surface area (Å²) >= 11 is 3.52. The number of anilines is 1. The zero-order valence-corrected chi connectivity index (χ0v) is 16.3. The Labute approximate surface area is 156 Å². The van der Waals surface area contributed by atoms with E-state index >= 15 is 0 Å². The summed E-state index contributed by atoms with van der Waals surface area (Å²) in [5, 5.41) is 0. The molecule has 0 radical (unpaired) electrons. The molecule has 1 atom stereocenters. The third-order valence-electron chi connectivity index (χ3n) is 4.50. The molecule has 1 aliphatic rings. The standard InChI is InChI=1S/C20H22BrNO3/c1-4-22-17-8-7-14(21)12-15(17)16(20(22)23)10-13-6-9-18(25-5-2)19(11-13)24-3/h6-9,11-12,16H,4-5,10H2,1-3H3. The molecule has 5 heteroatoms. The fourth-order valence-electron chi connectivity index (χ4n) is 3.36. The minimum atomic E-state index is -0.171. The Morgan fingerprint density at radius 1 is 1.12 bits per heavy atom. The van der Waals surface area contributed by atoms with E-state index in [-0.39, 0.29) is 11.8 Å². The minimum Gasteiger partial charge on any atom is -0.493 e. The first-order chi connectivity index (χ1) is 12.1. The van der Waals surface area contributed by atoms with Gasteiger partial charge in [-0.05, 0) is 61.7 Å². The summed E-state index contributed by atoms with van der Waals surface area (Å²) in [7, 11) is 1.63. The number of halogens is 1. The number of amides is 1. The first kappa shape index (κ1) is 17.8. The van der Waals surface area contributed by atoms with Crippen LogP contribution in [0, 0.1) is 0 Å². The van der Waals surface area contributed by atoms with Gasteiger partial charge in [0, 0.05) is 16.7 Å². The molecule has 1 aliphatic heterocycles. The number of likely N-dealkylation sites (N-methyl/N-ethyl adjacent to an activating group) is 1. The molecule has 0 saturated heterocycles. The fourth-order valence-corrected chi connectivity index (χ4v) is 3.74. The number of fused-ring (bicyclic) bond motifs is 1. The molecule has 0 aromatic heterocycles. The van der Waals surface area contributed by atoms with Gasteiger partial charge in [0.05, 0.1) is 19.6 Å². The van der Waals surface area contributed by atoms with Crippen molar-refractivity contribution in [1.29, 1.82) is 0 Å². The third kappa shape index (κ3) is 3.38. The van der Waals surface area contributed by atoms with E-state index in [0.29, 0.717) is 25.3 Å². The van der Waals surface area contributed by atoms with Crippen LogP contribution in [0.25, 0.3) is 0 Å². The largest absolute Gasteiger partial charge is 0.493 e. The maximum Gasteiger partial charge on any atom is 0.234 e. The van der Waals surface area contributed by atoms with Gasteiger partial charge in [-0.25, -0.2) is 0 Å². The fraction of sp³-hybridized carbons (Fsp3) is 0.350. The predicted molar refractivity (Wildman–Crippen MR) is 103 cm³/mol. The van der Waals surface area contributed by atoms with Crippen LogP contribution in [0.1, 0.15) is 30.9 Å². The van der Waals surface area contributed by atoms with Crippen molar-refractivity contribution >= 4 is 27.5 Å². The highest BCUT2D eigenvalue weighted by molar-refractivity contribution is 9.10. The molecule has 0 saturated carbocycles. The van der Waals surface area contributed by atoms with Crippen molar-refractivity contribution in [3.8, 4) is 11.5 Å². The van der Waals surface area contributed by atoms with E-state index < -0.39 is 0 Å². The lowest BCUT2D eigenvalue weighted by molar-refractivity contribution is -0.119. The van der Waals surface area contributed by atoms with Gasteiger partial charge in [-0.2, -0.15) is 0 Å². The van der Waals surface area contributed by atoms with Gasteiger partial charge in [0.25, 0.3) is 0 Å². The van der Waals surface area contributed by atoms with Crippen molar-refractivity contribution in [3.05, 3.63) is 52.0 Å². The van der Waals surface area contributed by atoms with Crippen LogP contribution in [0.2, 0.25) is 0 Å². The first-order valence-electron chi connectivity index (χ1n) is 8.49. The number of carbonyl (C=O) groups excluding carboxylic acids is 1. The van der Waals surface area contributed by atoms with Gasteiger partial charge in [-0.15, -0.1) is 0 Å². The molecule has 1 heterocycles. The van der Waals surface area contributed by atoms with Crippen LogP contribution >= 0.6 is 15.9 Å². The summed E-state index contributed by atoms with van der Waals surface area (Å²) in [6.45, 7) is 5.21. The topological polar surface area (TPSA) is 38.8 Å². The van der Waals surface area contributed by atoms with E-state index in [1.165, 1.54) is 0 Å². The number of benzene rings is 2. The van der Waals surface area contributed by atoms with Crippen molar-refractivity contribution in [2.24, 2.45) is 0 Å². The van der Waals surface area contributed by atoms with Crippen molar-refractivity contribution in [1.82, 2.24) is 0 Å². The number of carbonyl (C=O) groups is 1.